The van der Waals surface area contributed by atoms with Gasteiger partial charge in [0.25, 0.3) is 0 Å². The Hall–Kier alpha value is -1.23. The van der Waals surface area contributed by atoms with Crippen molar-refractivity contribution in [3.63, 3.8) is 0 Å². The van der Waals surface area contributed by atoms with Gasteiger partial charge in [-0.15, -0.1) is 0 Å². The predicted molar refractivity (Wildman–Crippen MR) is 42.3 cm³/mol. The second-order valence-electron chi connectivity index (χ2n) is 2.21. The third-order valence-corrected chi connectivity index (χ3v) is 1.68. The molecule has 1 aromatic rings. The van der Waals surface area contributed by atoms with E-state index in [1.165, 1.54) is 6.20 Å². The minimum absolute atomic E-state index is 0.0938. The number of halogens is 1. The number of aromatic amines is 1. The summed E-state index contributed by atoms with van der Waals surface area (Å²) in [5.41, 5.74) is -0.388. The number of aromatic nitrogens is 2. The van der Waals surface area contributed by atoms with Crippen molar-refractivity contribution >= 4 is 17.6 Å². The van der Waals surface area contributed by atoms with Gasteiger partial charge >= 0.3 is 11.7 Å². The van der Waals surface area contributed by atoms with Gasteiger partial charge in [-0.05, 0) is 0 Å². The molecule has 0 aliphatic rings. The van der Waals surface area contributed by atoms with Crippen molar-refractivity contribution in [2.24, 2.45) is 0 Å². The summed E-state index contributed by atoms with van der Waals surface area (Å²) >= 11 is 5.57. The number of nitrogens with zero attached hydrogens (tertiary/aromatic N) is 1. The summed E-state index contributed by atoms with van der Waals surface area (Å²) in [6.45, 7) is 0.0938. The molecule has 12 heavy (non-hydrogen) atoms. The molecule has 0 aliphatic heterocycles. The third kappa shape index (κ3) is 1.88. The van der Waals surface area contributed by atoms with Crippen LogP contribution in [0.1, 0.15) is 6.42 Å². The zero-order chi connectivity index (χ0) is 9.14. The van der Waals surface area contributed by atoms with Crippen molar-refractivity contribution in [1.29, 1.82) is 0 Å². The largest absolute Gasteiger partial charge is 0.481 e. The van der Waals surface area contributed by atoms with E-state index in [1.54, 1.807) is 0 Å². The molecule has 1 rings (SSSR count). The molecular formula is C6H7ClN2O3. The number of carboxylic acids is 1. The lowest BCUT2D eigenvalue weighted by atomic mass is 10.4. The minimum atomic E-state index is -0.959. The van der Waals surface area contributed by atoms with E-state index in [0.717, 1.165) is 4.57 Å². The van der Waals surface area contributed by atoms with Gasteiger partial charge in [0.1, 0.15) is 5.15 Å². The van der Waals surface area contributed by atoms with Gasteiger partial charge in [0, 0.05) is 12.7 Å². The minimum Gasteiger partial charge on any atom is -0.481 e. The van der Waals surface area contributed by atoms with Crippen LogP contribution in [0.3, 0.4) is 0 Å². The van der Waals surface area contributed by atoms with Crippen LogP contribution in [0.15, 0.2) is 11.0 Å². The van der Waals surface area contributed by atoms with Crippen LogP contribution in [0.4, 0.5) is 0 Å². The molecule has 0 aliphatic carbocycles. The lowest BCUT2D eigenvalue weighted by Gasteiger charge is -1.97. The van der Waals surface area contributed by atoms with E-state index in [2.05, 4.69) is 4.98 Å². The number of nitrogens with one attached hydrogen (secondary N) is 1. The highest BCUT2D eigenvalue weighted by molar-refractivity contribution is 6.29. The number of aliphatic carboxylic acids is 1. The maximum Gasteiger partial charge on any atom is 0.326 e. The van der Waals surface area contributed by atoms with Crippen LogP contribution in [-0.2, 0) is 11.3 Å². The number of rotatable bonds is 3. The van der Waals surface area contributed by atoms with Crippen molar-refractivity contribution in [3.05, 3.63) is 21.8 Å². The highest BCUT2D eigenvalue weighted by atomic mass is 35.5. The number of carbonyl (C=O) groups is 1. The average Bonchev–Trinajstić information content (AvgIpc) is 2.28. The number of H-pyrrole nitrogens is 1. The van der Waals surface area contributed by atoms with E-state index in [0.29, 0.717) is 0 Å². The number of carboxylic acid groups (broad SMARTS) is 1. The number of hydrogen-bond donors (Lipinski definition) is 2. The van der Waals surface area contributed by atoms with Gasteiger partial charge in [-0.3, -0.25) is 9.36 Å². The molecule has 0 bridgehead atoms. The first-order chi connectivity index (χ1) is 5.61. The van der Waals surface area contributed by atoms with Gasteiger partial charge in [0.05, 0.1) is 6.42 Å². The lowest BCUT2D eigenvalue weighted by Crippen LogP contribution is -2.18. The molecule has 0 saturated heterocycles. The van der Waals surface area contributed by atoms with Crippen LogP contribution in [0.2, 0.25) is 5.15 Å². The maximum absolute atomic E-state index is 10.9. The molecule has 2 N–H and O–H groups in total. The van der Waals surface area contributed by atoms with Crippen molar-refractivity contribution in [3.8, 4) is 0 Å². The van der Waals surface area contributed by atoms with Crippen LogP contribution in [0, 0.1) is 0 Å². The van der Waals surface area contributed by atoms with Crippen LogP contribution in [0.25, 0.3) is 0 Å². The smallest absolute Gasteiger partial charge is 0.326 e. The van der Waals surface area contributed by atoms with Crippen LogP contribution < -0.4 is 5.69 Å². The normalized spacial score (nSPS) is 10.1. The molecule has 1 heterocycles. The molecule has 6 heteroatoms. The van der Waals surface area contributed by atoms with Gasteiger partial charge < -0.3 is 10.1 Å². The molecule has 0 atom stereocenters. The van der Waals surface area contributed by atoms with Gasteiger partial charge in [0.2, 0.25) is 0 Å². The molecule has 0 spiro atoms. The van der Waals surface area contributed by atoms with Gasteiger partial charge in [0.15, 0.2) is 0 Å². The summed E-state index contributed by atoms with van der Waals surface area (Å²) in [6.07, 6.45) is 1.21. The fraction of sp³-hybridized carbons (Fsp3) is 0.333. The molecule has 66 valence electrons. The zero-order valence-electron chi connectivity index (χ0n) is 6.08. The highest BCUT2D eigenvalue weighted by Gasteiger charge is 2.04. The molecular weight excluding hydrogens is 184 g/mol. The molecule has 0 fully saturated rings. The predicted octanol–water partition coefficient (Wildman–Crippen LogP) is 0.304. The molecule has 0 unspecified atom stereocenters. The highest BCUT2D eigenvalue weighted by Crippen LogP contribution is 2.03. The van der Waals surface area contributed by atoms with Crippen molar-refractivity contribution in [1.82, 2.24) is 9.55 Å². The van der Waals surface area contributed by atoms with E-state index >= 15 is 0 Å². The van der Waals surface area contributed by atoms with Crippen LogP contribution in [-0.4, -0.2) is 20.6 Å². The van der Waals surface area contributed by atoms with E-state index in [9.17, 15) is 9.59 Å². The van der Waals surface area contributed by atoms with Crippen molar-refractivity contribution < 1.29 is 9.90 Å². The van der Waals surface area contributed by atoms with Crippen LogP contribution >= 0.6 is 11.6 Å². The zero-order valence-corrected chi connectivity index (χ0v) is 6.84. The average molecular weight is 191 g/mol. The summed E-state index contributed by atoms with van der Waals surface area (Å²) in [7, 11) is 0. The number of hydrogen-bond acceptors (Lipinski definition) is 2. The van der Waals surface area contributed by atoms with E-state index in [-0.39, 0.29) is 23.8 Å². The van der Waals surface area contributed by atoms with E-state index in [4.69, 9.17) is 16.7 Å². The Morgan fingerprint density at radius 1 is 1.75 bits per heavy atom. The summed E-state index contributed by atoms with van der Waals surface area (Å²) in [6, 6.07) is 0. The van der Waals surface area contributed by atoms with E-state index < -0.39 is 5.97 Å². The Morgan fingerprint density at radius 2 is 2.42 bits per heavy atom. The van der Waals surface area contributed by atoms with Gasteiger partial charge in [-0.1, -0.05) is 11.6 Å². The second kappa shape index (κ2) is 3.44. The summed E-state index contributed by atoms with van der Waals surface area (Å²) in [5, 5.41) is 8.55. The summed E-state index contributed by atoms with van der Waals surface area (Å²) in [4.78, 5) is 23.4. The first-order valence-electron chi connectivity index (χ1n) is 3.27. The molecule has 5 nitrogen and oxygen atoms in total. The first-order valence-corrected chi connectivity index (χ1v) is 3.64. The first kappa shape index (κ1) is 8.86. The quantitative estimate of drug-likeness (QED) is 0.720. The Bertz CT molecular complexity index is 341. The standard InChI is InChI=1S/C6H7ClN2O3/c7-4-3-8-6(12)9(4)2-1-5(10)11/h3H,1-2H2,(H,8,12)(H,10,11). The SMILES string of the molecule is O=C(O)CCn1c(Cl)c[nH]c1=O. The molecule has 0 amide bonds. The molecule has 0 saturated carbocycles. The van der Waals surface area contributed by atoms with Gasteiger partial charge in [-0.2, -0.15) is 0 Å². The van der Waals surface area contributed by atoms with Gasteiger partial charge in [-0.25, -0.2) is 4.79 Å². The third-order valence-electron chi connectivity index (χ3n) is 1.37. The monoisotopic (exact) mass is 190 g/mol. The van der Waals surface area contributed by atoms with Crippen molar-refractivity contribution in [2.75, 3.05) is 0 Å². The van der Waals surface area contributed by atoms with Crippen LogP contribution in [0.5, 0.6) is 0 Å². The summed E-state index contributed by atoms with van der Waals surface area (Å²) < 4.78 is 1.16. The summed E-state index contributed by atoms with van der Waals surface area (Å²) in [5.74, 6) is -0.959. The Labute approximate surface area is 72.6 Å². The molecule has 0 aromatic carbocycles. The van der Waals surface area contributed by atoms with E-state index in [1.807, 2.05) is 0 Å². The second-order valence-corrected chi connectivity index (χ2v) is 2.60. The lowest BCUT2D eigenvalue weighted by molar-refractivity contribution is -0.137. The Balaban J connectivity index is 2.75. The Kier molecular flexibility index (Phi) is 2.54. The fourth-order valence-electron chi connectivity index (χ4n) is 0.790. The number of imidazole rings is 1. The fourth-order valence-corrected chi connectivity index (χ4v) is 1.01. The topological polar surface area (TPSA) is 75.1 Å². The molecule has 1 aromatic heterocycles. The molecule has 0 radical (unpaired) electrons. The van der Waals surface area contributed by atoms with Crippen molar-refractivity contribution in [2.45, 2.75) is 13.0 Å². The maximum atomic E-state index is 10.9. The Morgan fingerprint density at radius 3 is 2.83 bits per heavy atom.